The number of H-pyrrole nitrogens is 1. The summed E-state index contributed by atoms with van der Waals surface area (Å²) < 4.78 is 6.62. The van der Waals surface area contributed by atoms with Crippen LogP contribution in [0.25, 0.3) is 16.9 Å². The normalized spacial score (nSPS) is 11.4. The molecule has 1 heterocycles. The number of non-ortho nitro benzene ring substituents is 1. The third-order valence-electron chi connectivity index (χ3n) is 5.29. The molecule has 33 heavy (non-hydrogen) atoms. The molecule has 0 fully saturated rings. The maximum Gasteiger partial charge on any atom is 0.280 e. The Morgan fingerprint density at radius 2 is 1.70 bits per heavy atom. The van der Waals surface area contributed by atoms with E-state index in [1.165, 1.54) is 28.9 Å². The van der Waals surface area contributed by atoms with Crippen LogP contribution in [-0.4, -0.2) is 27.5 Å². The van der Waals surface area contributed by atoms with Crippen molar-refractivity contribution in [2.24, 2.45) is 4.99 Å². The van der Waals surface area contributed by atoms with Gasteiger partial charge < -0.3 is 4.74 Å². The topological polar surface area (TPSA) is 103 Å². The Morgan fingerprint density at radius 1 is 1.03 bits per heavy atom. The molecule has 0 atom stereocenters. The van der Waals surface area contributed by atoms with Crippen molar-refractivity contribution in [2.75, 3.05) is 7.11 Å². The molecule has 0 radical (unpaired) electrons. The molecule has 4 rings (SSSR count). The number of hydrogen-bond donors (Lipinski definition) is 1. The van der Waals surface area contributed by atoms with Crippen LogP contribution in [0.3, 0.4) is 0 Å². The van der Waals surface area contributed by atoms with E-state index in [9.17, 15) is 14.9 Å². The van der Waals surface area contributed by atoms with Crippen LogP contribution in [0, 0.1) is 10.1 Å². The molecule has 1 N–H and O–H groups in total. The van der Waals surface area contributed by atoms with Crippen LogP contribution in [0.4, 0.5) is 5.69 Å². The van der Waals surface area contributed by atoms with Crippen molar-refractivity contribution in [2.45, 2.75) is 13.5 Å². The number of aromatic nitrogens is 2. The molecule has 0 unspecified atom stereocenters. The quantitative estimate of drug-likeness (QED) is 0.253. The summed E-state index contributed by atoms with van der Waals surface area (Å²) in [5.74, 6) is 0.701. The van der Waals surface area contributed by atoms with Crippen molar-refractivity contribution in [1.82, 2.24) is 9.78 Å². The lowest BCUT2D eigenvalue weighted by Crippen LogP contribution is -2.19. The number of methoxy groups -OCH3 is 1. The Balaban J connectivity index is 1.81. The van der Waals surface area contributed by atoms with E-state index < -0.39 is 4.92 Å². The number of benzene rings is 3. The number of ether oxygens (including phenoxy) is 1. The Kier molecular flexibility index (Phi) is 6.17. The van der Waals surface area contributed by atoms with Gasteiger partial charge in [-0.25, -0.2) is 4.68 Å². The standard InChI is InChI=1S/C25H22N4O4/c1-17(26-16-18-6-4-3-5-7-18)23-24(19-8-14-22(33-2)15-9-19)27-28(25(23)30)20-10-12-21(13-11-20)29(31)32/h3-15,27H,16H2,1-2H3. The summed E-state index contributed by atoms with van der Waals surface area (Å²) in [6.07, 6.45) is 0. The molecule has 0 amide bonds. The van der Waals surface area contributed by atoms with Gasteiger partial charge in [-0.15, -0.1) is 0 Å². The molecule has 4 aromatic rings. The monoisotopic (exact) mass is 442 g/mol. The van der Waals surface area contributed by atoms with Gasteiger partial charge in [0, 0.05) is 23.4 Å². The zero-order chi connectivity index (χ0) is 23.4. The van der Waals surface area contributed by atoms with E-state index in [4.69, 9.17) is 4.74 Å². The minimum absolute atomic E-state index is 0.0467. The third-order valence-corrected chi connectivity index (χ3v) is 5.29. The van der Waals surface area contributed by atoms with E-state index in [-0.39, 0.29) is 11.2 Å². The second kappa shape index (κ2) is 9.35. The molecule has 166 valence electrons. The first-order valence-electron chi connectivity index (χ1n) is 10.3. The van der Waals surface area contributed by atoms with Crippen LogP contribution in [0.5, 0.6) is 5.75 Å². The number of hydrogen-bond acceptors (Lipinski definition) is 5. The highest BCUT2D eigenvalue weighted by molar-refractivity contribution is 6.03. The number of nitro groups is 1. The average Bonchev–Trinajstić information content (AvgIpc) is 3.20. The molecule has 0 spiro atoms. The van der Waals surface area contributed by atoms with Crippen molar-refractivity contribution >= 4 is 11.4 Å². The van der Waals surface area contributed by atoms with Crippen molar-refractivity contribution in [1.29, 1.82) is 0 Å². The molecule has 0 aliphatic heterocycles. The van der Waals surface area contributed by atoms with Gasteiger partial charge >= 0.3 is 0 Å². The van der Waals surface area contributed by atoms with Gasteiger partial charge in [0.15, 0.2) is 0 Å². The van der Waals surface area contributed by atoms with Gasteiger partial charge in [-0.2, -0.15) is 0 Å². The minimum Gasteiger partial charge on any atom is -0.497 e. The van der Waals surface area contributed by atoms with Gasteiger partial charge in [-0.1, -0.05) is 30.3 Å². The molecule has 0 saturated carbocycles. The second-order valence-corrected chi connectivity index (χ2v) is 7.39. The van der Waals surface area contributed by atoms with Gasteiger partial charge in [-0.3, -0.25) is 25.0 Å². The lowest BCUT2D eigenvalue weighted by molar-refractivity contribution is -0.384. The number of aromatic amines is 1. The Morgan fingerprint density at radius 3 is 2.30 bits per heavy atom. The fourth-order valence-corrected chi connectivity index (χ4v) is 3.52. The number of aliphatic imine (C=N–C) groups is 1. The average molecular weight is 442 g/mol. The second-order valence-electron chi connectivity index (χ2n) is 7.39. The van der Waals surface area contributed by atoms with Gasteiger partial charge in [0.2, 0.25) is 0 Å². The molecule has 1 aromatic heterocycles. The summed E-state index contributed by atoms with van der Waals surface area (Å²) in [5, 5.41) is 14.2. The van der Waals surface area contributed by atoms with Gasteiger partial charge in [0.25, 0.3) is 11.2 Å². The van der Waals surface area contributed by atoms with Crippen LogP contribution in [0.2, 0.25) is 0 Å². The smallest absolute Gasteiger partial charge is 0.280 e. The molecule has 0 bridgehead atoms. The first-order chi connectivity index (χ1) is 16.0. The molecule has 3 aromatic carbocycles. The van der Waals surface area contributed by atoms with Crippen molar-refractivity contribution in [3.8, 4) is 22.7 Å². The first kappa shape index (κ1) is 21.8. The van der Waals surface area contributed by atoms with Gasteiger partial charge in [0.1, 0.15) is 5.75 Å². The zero-order valence-corrected chi connectivity index (χ0v) is 18.2. The highest BCUT2D eigenvalue weighted by atomic mass is 16.6. The van der Waals surface area contributed by atoms with Crippen LogP contribution >= 0.6 is 0 Å². The van der Waals surface area contributed by atoms with Crippen LogP contribution < -0.4 is 10.3 Å². The molecular weight excluding hydrogens is 420 g/mol. The van der Waals surface area contributed by atoms with E-state index in [0.29, 0.717) is 35.0 Å². The highest BCUT2D eigenvalue weighted by Gasteiger charge is 2.20. The van der Waals surface area contributed by atoms with Crippen molar-refractivity contribution < 1.29 is 9.66 Å². The van der Waals surface area contributed by atoms with E-state index in [0.717, 1.165) is 11.1 Å². The van der Waals surface area contributed by atoms with Crippen LogP contribution in [0.15, 0.2) is 88.6 Å². The Labute approximate surface area is 189 Å². The largest absolute Gasteiger partial charge is 0.497 e. The van der Waals surface area contributed by atoms with E-state index in [1.807, 2.05) is 54.6 Å². The SMILES string of the molecule is COc1ccc(-c2[nH]n(-c3ccc([N+](=O)[O-])cc3)c(=O)c2C(C)=NCc2ccccc2)cc1. The summed E-state index contributed by atoms with van der Waals surface area (Å²) in [7, 11) is 1.59. The number of nitrogens with one attached hydrogen (secondary N) is 1. The maximum absolute atomic E-state index is 13.5. The fraction of sp³-hybridized carbons (Fsp3) is 0.120. The fourth-order valence-electron chi connectivity index (χ4n) is 3.52. The van der Waals surface area contributed by atoms with E-state index in [1.54, 1.807) is 14.0 Å². The number of nitro benzene ring substituents is 1. The molecule has 8 nitrogen and oxygen atoms in total. The molecule has 8 heteroatoms. The minimum atomic E-state index is -0.476. The summed E-state index contributed by atoms with van der Waals surface area (Å²) in [6.45, 7) is 2.25. The van der Waals surface area contributed by atoms with E-state index in [2.05, 4.69) is 10.1 Å². The van der Waals surface area contributed by atoms with Gasteiger partial charge in [0.05, 0.1) is 35.5 Å². The number of nitrogens with zero attached hydrogens (tertiary/aromatic N) is 3. The lowest BCUT2D eigenvalue weighted by Gasteiger charge is -2.05. The van der Waals surface area contributed by atoms with Gasteiger partial charge in [-0.05, 0) is 48.9 Å². The molecule has 0 aliphatic rings. The van der Waals surface area contributed by atoms with E-state index >= 15 is 0 Å². The summed E-state index contributed by atoms with van der Waals surface area (Å²) in [5.41, 5.74) is 3.62. The van der Waals surface area contributed by atoms with Crippen LogP contribution in [-0.2, 0) is 6.54 Å². The maximum atomic E-state index is 13.5. The summed E-state index contributed by atoms with van der Waals surface area (Å²) >= 11 is 0. The molecule has 0 aliphatic carbocycles. The highest BCUT2D eigenvalue weighted by Crippen LogP contribution is 2.25. The third kappa shape index (κ3) is 4.59. The summed E-state index contributed by atoms with van der Waals surface area (Å²) in [4.78, 5) is 28.6. The Bertz CT molecular complexity index is 1350. The predicted molar refractivity (Wildman–Crippen MR) is 127 cm³/mol. The molecule has 0 saturated heterocycles. The summed E-state index contributed by atoms with van der Waals surface area (Å²) in [6, 6.07) is 22.9. The number of rotatable bonds is 7. The molecular formula is C25H22N4O4. The Hall–Kier alpha value is -4.46. The predicted octanol–water partition coefficient (Wildman–Crippen LogP) is 4.76. The van der Waals surface area contributed by atoms with Crippen LogP contribution in [0.1, 0.15) is 18.1 Å². The lowest BCUT2D eigenvalue weighted by atomic mass is 10.0. The van der Waals surface area contributed by atoms with Crippen molar-refractivity contribution in [3.05, 3.63) is 110 Å². The first-order valence-corrected chi connectivity index (χ1v) is 10.3. The zero-order valence-electron chi connectivity index (χ0n) is 18.2. The van der Waals surface area contributed by atoms with Crippen molar-refractivity contribution in [3.63, 3.8) is 0 Å².